The van der Waals surface area contributed by atoms with Crippen molar-refractivity contribution in [2.75, 3.05) is 0 Å². The number of aromatic nitrogens is 1. The zero-order valence-electron chi connectivity index (χ0n) is 7.54. The van der Waals surface area contributed by atoms with Crippen molar-refractivity contribution in [3.63, 3.8) is 0 Å². The van der Waals surface area contributed by atoms with Crippen molar-refractivity contribution in [2.45, 2.75) is 0 Å². The molecule has 2 rings (SSSR count). The molecule has 2 aromatic rings. The van der Waals surface area contributed by atoms with Crippen molar-refractivity contribution in [1.82, 2.24) is 0 Å². The van der Waals surface area contributed by atoms with Gasteiger partial charge in [-0.3, -0.25) is 0 Å². The first-order valence-corrected chi connectivity index (χ1v) is 4.75. The van der Waals surface area contributed by atoms with E-state index >= 15 is 0 Å². The molecule has 0 fully saturated rings. The molecule has 0 aliphatic rings. The lowest BCUT2D eigenvalue weighted by atomic mass is 10.2. The Balaban J connectivity index is 0.000000980. The number of hydrogen-bond acceptors (Lipinski definition) is 1. The van der Waals surface area contributed by atoms with Crippen LogP contribution in [0.2, 0.25) is 0 Å². The van der Waals surface area contributed by atoms with Gasteiger partial charge in [0.05, 0.1) is 5.39 Å². The van der Waals surface area contributed by atoms with Gasteiger partial charge in [0.1, 0.15) is 7.05 Å². The van der Waals surface area contributed by atoms with Crippen molar-refractivity contribution >= 4 is 26.8 Å². The SMILES string of the molecule is C[n+]1cccc2c(Br)ccc(O)c21.[I-]. The summed E-state index contributed by atoms with van der Waals surface area (Å²) in [6.45, 7) is 0. The second kappa shape index (κ2) is 4.44. The third-order valence-electron chi connectivity index (χ3n) is 2.07. The highest BCUT2D eigenvalue weighted by molar-refractivity contribution is 9.10. The highest BCUT2D eigenvalue weighted by atomic mass is 127. The van der Waals surface area contributed by atoms with E-state index in [0.717, 1.165) is 15.4 Å². The molecule has 4 heteroatoms. The van der Waals surface area contributed by atoms with Gasteiger partial charge in [-0.1, -0.05) is 0 Å². The normalized spacial score (nSPS) is 9.86. The predicted molar refractivity (Wildman–Crippen MR) is 54.5 cm³/mol. The fraction of sp³-hybridized carbons (Fsp3) is 0.100. The van der Waals surface area contributed by atoms with Gasteiger partial charge in [0.2, 0.25) is 0 Å². The van der Waals surface area contributed by atoms with Crippen molar-refractivity contribution in [2.24, 2.45) is 7.05 Å². The summed E-state index contributed by atoms with van der Waals surface area (Å²) in [6.07, 6.45) is 1.91. The van der Waals surface area contributed by atoms with E-state index in [9.17, 15) is 5.11 Å². The zero-order chi connectivity index (χ0) is 9.42. The molecular formula is C10H9BrINO. The molecule has 14 heavy (non-hydrogen) atoms. The lowest BCUT2D eigenvalue weighted by Crippen LogP contribution is -3.00. The molecule has 1 heterocycles. The molecular weight excluding hydrogens is 357 g/mol. The lowest BCUT2D eigenvalue weighted by Gasteiger charge is -2.00. The smallest absolute Gasteiger partial charge is 0.255 e. The van der Waals surface area contributed by atoms with Crippen LogP contribution in [0.5, 0.6) is 5.75 Å². The second-order valence-corrected chi connectivity index (χ2v) is 3.80. The van der Waals surface area contributed by atoms with Crippen LogP contribution < -0.4 is 28.5 Å². The summed E-state index contributed by atoms with van der Waals surface area (Å²) < 4.78 is 2.90. The number of nitrogens with zero attached hydrogens (tertiary/aromatic N) is 1. The van der Waals surface area contributed by atoms with Crippen LogP contribution in [0.15, 0.2) is 34.9 Å². The Morgan fingerprint density at radius 1 is 1.29 bits per heavy atom. The standard InChI is InChI=1S/C10H8BrNO.HI/c1-12-6-2-3-7-8(11)4-5-9(13)10(7)12;/h2-6H,1H3;1H. The first-order valence-electron chi connectivity index (χ1n) is 3.96. The summed E-state index contributed by atoms with van der Waals surface area (Å²) in [5.41, 5.74) is 0.844. The molecule has 0 amide bonds. The van der Waals surface area contributed by atoms with Crippen LogP contribution in [-0.2, 0) is 7.05 Å². The van der Waals surface area contributed by atoms with E-state index in [-0.39, 0.29) is 24.0 Å². The Hall–Kier alpha value is -0.360. The number of benzene rings is 1. The maximum atomic E-state index is 9.63. The van der Waals surface area contributed by atoms with Crippen LogP contribution >= 0.6 is 15.9 Å². The largest absolute Gasteiger partial charge is 1.00 e. The molecule has 1 aromatic heterocycles. The van der Waals surface area contributed by atoms with E-state index in [0.29, 0.717) is 5.75 Å². The average molecular weight is 366 g/mol. The lowest BCUT2D eigenvalue weighted by molar-refractivity contribution is -0.645. The van der Waals surface area contributed by atoms with Crippen molar-refractivity contribution < 1.29 is 33.7 Å². The quantitative estimate of drug-likeness (QED) is 0.476. The number of pyridine rings is 1. The van der Waals surface area contributed by atoms with Crippen LogP contribution in [0.1, 0.15) is 0 Å². The summed E-state index contributed by atoms with van der Waals surface area (Å²) in [5.74, 6) is 0.307. The fourth-order valence-corrected chi connectivity index (χ4v) is 1.90. The van der Waals surface area contributed by atoms with E-state index in [1.165, 1.54) is 0 Å². The molecule has 0 aliphatic carbocycles. The van der Waals surface area contributed by atoms with E-state index in [1.807, 2.05) is 36.0 Å². The Morgan fingerprint density at radius 3 is 2.64 bits per heavy atom. The molecule has 0 aliphatic heterocycles. The summed E-state index contributed by atoms with van der Waals surface area (Å²) in [5, 5.41) is 10.7. The number of halogens is 2. The number of phenols is 1. The summed E-state index contributed by atoms with van der Waals surface area (Å²) in [7, 11) is 1.91. The predicted octanol–water partition coefficient (Wildman–Crippen LogP) is -0.864. The molecule has 0 spiro atoms. The Morgan fingerprint density at radius 2 is 2.00 bits per heavy atom. The van der Waals surface area contributed by atoms with Crippen LogP contribution in [0.4, 0.5) is 0 Å². The minimum absolute atomic E-state index is 0. The number of hydrogen-bond donors (Lipinski definition) is 1. The molecule has 1 aromatic carbocycles. The summed E-state index contributed by atoms with van der Waals surface area (Å²) in [6, 6.07) is 7.45. The third-order valence-corrected chi connectivity index (χ3v) is 2.76. The van der Waals surface area contributed by atoms with E-state index in [1.54, 1.807) is 6.07 Å². The fourth-order valence-electron chi connectivity index (χ4n) is 1.44. The number of aryl methyl sites for hydroxylation is 1. The third kappa shape index (κ3) is 1.86. The monoisotopic (exact) mass is 365 g/mol. The first-order chi connectivity index (χ1) is 6.20. The number of rotatable bonds is 0. The van der Waals surface area contributed by atoms with Crippen LogP contribution in [0.25, 0.3) is 10.9 Å². The van der Waals surface area contributed by atoms with Crippen LogP contribution in [0, 0.1) is 0 Å². The number of fused-ring (bicyclic) bond motifs is 1. The van der Waals surface area contributed by atoms with Crippen molar-refractivity contribution in [1.29, 1.82) is 0 Å². The Kier molecular flexibility index (Phi) is 3.71. The molecule has 2 nitrogen and oxygen atoms in total. The highest BCUT2D eigenvalue weighted by Crippen LogP contribution is 2.27. The van der Waals surface area contributed by atoms with Crippen molar-refractivity contribution in [3.8, 4) is 5.75 Å². The topological polar surface area (TPSA) is 24.1 Å². The Labute approximate surface area is 108 Å². The summed E-state index contributed by atoms with van der Waals surface area (Å²) in [4.78, 5) is 0. The van der Waals surface area contributed by atoms with E-state index in [4.69, 9.17) is 0 Å². The summed E-state index contributed by atoms with van der Waals surface area (Å²) >= 11 is 3.44. The molecule has 0 radical (unpaired) electrons. The molecule has 0 bridgehead atoms. The van der Waals surface area contributed by atoms with Gasteiger partial charge in [0, 0.05) is 10.5 Å². The minimum atomic E-state index is 0. The molecule has 0 unspecified atom stereocenters. The van der Waals surface area contributed by atoms with E-state index in [2.05, 4.69) is 15.9 Å². The molecule has 0 atom stereocenters. The van der Waals surface area contributed by atoms with E-state index < -0.39 is 0 Å². The van der Waals surface area contributed by atoms with Crippen LogP contribution in [0.3, 0.4) is 0 Å². The van der Waals surface area contributed by atoms with Crippen LogP contribution in [-0.4, -0.2) is 5.11 Å². The Bertz CT molecular complexity index is 465. The number of phenolic OH excluding ortho intramolecular Hbond substituents is 1. The average Bonchev–Trinajstić information content (AvgIpc) is 2.12. The molecule has 1 N–H and O–H groups in total. The van der Waals surface area contributed by atoms with Gasteiger partial charge in [-0.15, -0.1) is 0 Å². The maximum absolute atomic E-state index is 9.63. The minimum Gasteiger partial charge on any atom is -1.00 e. The van der Waals surface area contributed by atoms with Gasteiger partial charge in [0.25, 0.3) is 5.52 Å². The maximum Gasteiger partial charge on any atom is 0.255 e. The molecule has 0 saturated heterocycles. The molecule has 0 saturated carbocycles. The first kappa shape index (κ1) is 11.7. The highest BCUT2D eigenvalue weighted by Gasteiger charge is 2.11. The second-order valence-electron chi connectivity index (χ2n) is 2.95. The number of aromatic hydroxyl groups is 1. The van der Waals surface area contributed by atoms with Gasteiger partial charge in [-0.05, 0) is 34.1 Å². The van der Waals surface area contributed by atoms with Crippen molar-refractivity contribution in [3.05, 3.63) is 34.9 Å². The van der Waals surface area contributed by atoms with Gasteiger partial charge < -0.3 is 29.1 Å². The van der Waals surface area contributed by atoms with Gasteiger partial charge in [-0.2, -0.15) is 4.57 Å². The van der Waals surface area contributed by atoms with Gasteiger partial charge in [-0.25, -0.2) is 0 Å². The zero-order valence-corrected chi connectivity index (χ0v) is 11.3. The van der Waals surface area contributed by atoms with Gasteiger partial charge >= 0.3 is 0 Å². The van der Waals surface area contributed by atoms with Gasteiger partial charge in [0.15, 0.2) is 11.9 Å². The molecule has 74 valence electrons.